The summed E-state index contributed by atoms with van der Waals surface area (Å²) in [5.41, 5.74) is 0.732. The van der Waals surface area contributed by atoms with Crippen LogP contribution >= 0.6 is 23.2 Å². The minimum Gasteiger partial charge on any atom is -0.492 e. The Balaban J connectivity index is 1.97. The number of aromatic nitrogens is 2. The van der Waals surface area contributed by atoms with Gasteiger partial charge in [0.2, 0.25) is 0 Å². The van der Waals surface area contributed by atoms with Crippen molar-refractivity contribution in [2.24, 2.45) is 0 Å². The maximum absolute atomic E-state index is 12.1. The smallest absolute Gasteiger partial charge is 0.273 e. The quantitative estimate of drug-likeness (QED) is 0.544. The average Bonchev–Trinajstić information content (AvgIpc) is 3.10. The first-order valence-corrected chi connectivity index (χ1v) is 8.31. The van der Waals surface area contributed by atoms with E-state index in [4.69, 9.17) is 34.4 Å². The summed E-state index contributed by atoms with van der Waals surface area (Å²) in [4.78, 5) is 14.1. The van der Waals surface area contributed by atoms with Gasteiger partial charge in [0.15, 0.2) is 0 Å². The molecule has 0 atom stereocenters. The molecule has 2 N–H and O–H groups in total. The second-order valence-corrected chi connectivity index (χ2v) is 6.15. The third kappa shape index (κ3) is 5.68. The number of terminal acetylenes is 1. The summed E-state index contributed by atoms with van der Waals surface area (Å²) < 4.78 is 5.69. The van der Waals surface area contributed by atoms with Crippen LogP contribution in [-0.4, -0.2) is 47.7 Å². The number of carbonyl (C=O) groups excluding carboxylic acids is 1. The Morgan fingerprint density at radius 1 is 1.44 bits per heavy atom. The van der Waals surface area contributed by atoms with Crippen LogP contribution in [0, 0.1) is 12.3 Å². The van der Waals surface area contributed by atoms with Gasteiger partial charge in [-0.05, 0) is 25.6 Å². The Morgan fingerprint density at radius 2 is 2.24 bits per heavy atom. The molecular weight excluding hydrogens is 363 g/mol. The predicted octanol–water partition coefficient (Wildman–Crippen LogP) is 3.30. The van der Waals surface area contributed by atoms with Crippen molar-refractivity contribution < 1.29 is 9.53 Å². The van der Waals surface area contributed by atoms with Crippen LogP contribution in [0.25, 0.3) is 0 Å². The molecule has 8 heteroatoms. The molecule has 25 heavy (non-hydrogen) atoms. The largest absolute Gasteiger partial charge is 0.492 e. The summed E-state index contributed by atoms with van der Waals surface area (Å²) in [5.74, 6) is 2.67. The highest BCUT2D eigenvalue weighted by Gasteiger charge is 2.13. The lowest BCUT2D eigenvalue weighted by atomic mass is 10.2. The van der Waals surface area contributed by atoms with Gasteiger partial charge in [-0.3, -0.25) is 14.8 Å². The molecule has 2 aromatic rings. The summed E-state index contributed by atoms with van der Waals surface area (Å²) in [6.45, 7) is 1.86. The number of carbonyl (C=O) groups is 1. The topological polar surface area (TPSA) is 70.2 Å². The van der Waals surface area contributed by atoms with Gasteiger partial charge in [0.1, 0.15) is 11.4 Å². The van der Waals surface area contributed by atoms with Crippen molar-refractivity contribution in [1.82, 2.24) is 15.1 Å². The van der Waals surface area contributed by atoms with E-state index < -0.39 is 0 Å². The molecule has 0 saturated carbocycles. The molecule has 0 aliphatic heterocycles. The summed E-state index contributed by atoms with van der Waals surface area (Å²) in [6.07, 6.45) is 7.53. The number of aromatic amines is 1. The van der Waals surface area contributed by atoms with E-state index >= 15 is 0 Å². The van der Waals surface area contributed by atoms with E-state index in [2.05, 4.69) is 21.4 Å². The molecule has 6 nitrogen and oxygen atoms in total. The third-order valence-corrected chi connectivity index (χ3v) is 3.93. The molecule has 0 saturated heterocycles. The number of hydrogen-bond donors (Lipinski definition) is 2. The van der Waals surface area contributed by atoms with Gasteiger partial charge >= 0.3 is 0 Å². The average molecular weight is 381 g/mol. The number of nitrogens with one attached hydrogen (secondary N) is 2. The predicted molar refractivity (Wildman–Crippen MR) is 99.4 cm³/mol. The van der Waals surface area contributed by atoms with E-state index in [0.29, 0.717) is 40.3 Å². The molecule has 0 bridgehead atoms. The Morgan fingerprint density at radius 3 is 2.92 bits per heavy atom. The lowest BCUT2D eigenvalue weighted by molar-refractivity contribution is 0.102. The zero-order chi connectivity index (χ0) is 18.2. The van der Waals surface area contributed by atoms with E-state index in [9.17, 15) is 4.79 Å². The minimum absolute atomic E-state index is 0.318. The fourth-order valence-corrected chi connectivity index (χ4v) is 2.54. The first kappa shape index (κ1) is 19.1. The van der Waals surface area contributed by atoms with Crippen LogP contribution in [0.15, 0.2) is 24.4 Å². The fraction of sp³-hybridized carbons (Fsp3) is 0.294. The van der Waals surface area contributed by atoms with Crippen molar-refractivity contribution in [2.45, 2.75) is 6.42 Å². The molecule has 1 heterocycles. The van der Waals surface area contributed by atoms with E-state index in [1.807, 2.05) is 11.9 Å². The van der Waals surface area contributed by atoms with E-state index in [0.717, 1.165) is 13.0 Å². The first-order valence-electron chi connectivity index (χ1n) is 7.56. The summed E-state index contributed by atoms with van der Waals surface area (Å²) in [5, 5.41) is 9.71. The van der Waals surface area contributed by atoms with Gasteiger partial charge in [0.25, 0.3) is 5.91 Å². The van der Waals surface area contributed by atoms with Gasteiger partial charge in [-0.2, -0.15) is 5.10 Å². The van der Waals surface area contributed by atoms with Crippen molar-refractivity contribution >= 4 is 34.8 Å². The van der Waals surface area contributed by atoms with Crippen molar-refractivity contribution in [3.8, 4) is 18.1 Å². The van der Waals surface area contributed by atoms with Gasteiger partial charge in [0.05, 0.1) is 28.9 Å². The minimum atomic E-state index is -0.358. The number of H-pyrrole nitrogens is 1. The zero-order valence-corrected chi connectivity index (χ0v) is 15.2. The number of hydrogen-bond acceptors (Lipinski definition) is 4. The molecule has 0 spiro atoms. The van der Waals surface area contributed by atoms with Crippen molar-refractivity contribution in [2.75, 3.05) is 32.1 Å². The second-order valence-electron chi connectivity index (χ2n) is 5.33. The number of amides is 1. The number of ether oxygens (including phenoxy) is 1. The van der Waals surface area contributed by atoms with Gasteiger partial charge in [-0.1, -0.05) is 29.1 Å². The molecule has 0 aliphatic rings. The number of halogens is 2. The summed E-state index contributed by atoms with van der Waals surface area (Å²) in [6, 6.07) is 4.69. The van der Waals surface area contributed by atoms with Crippen LogP contribution < -0.4 is 10.1 Å². The highest BCUT2D eigenvalue weighted by molar-refractivity contribution is 6.37. The van der Waals surface area contributed by atoms with Crippen LogP contribution in [0.5, 0.6) is 5.75 Å². The molecule has 2 rings (SSSR count). The summed E-state index contributed by atoms with van der Waals surface area (Å²) in [7, 11) is 1.94. The lowest BCUT2D eigenvalue weighted by Gasteiger charge is -2.15. The molecule has 0 fully saturated rings. The van der Waals surface area contributed by atoms with E-state index in [1.165, 1.54) is 12.3 Å². The van der Waals surface area contributed by atoms with Crippen molar-refractivity contribution in [3.05, 3.63) is 40.1 Å². The maximum Gasteiger partial charge on any atom is 0.273 e. The van der Waals surface area contributed by atoms with Gasteiger partial charge in [0, 0.05) is 18.8 Å². The number of benzene rings is 1. The van der Waals surface area contributed by atoms with Gasteiger partial charge in [-0.25, -0.2) is 0 Å². The molecule has 0 aliphatic carbocycles. The second kappa shape index (κ2) is 9.33. The Kier molecular flexibility index (Phi) is 7.14. The van der Waals surface area contributed by atoms with E-state index in [1.54, 1.807) is 12.1 Å². The first-order chi connectivity index (χ1) is 12.0. The Labute approximate surface area is 156 Å². The van der Waals surface area contributed by atoms with Crippen molar-refractivity contribution in [3.63, 3.8) is 0 Å². The van der Waals surface area contributed by atoms with E-state index in [-0.39, 0.29) is 5.91 Å². The standard InChI is InChI=1S/C17H18Cl2N4O2/c1-3-7-23(2)8-4-9-25-16-11-15(12(18)10-13(16)19)21-17(24)14-5-6-20-22-14/h1,5-6,10-11H,4,7-9H2,2H3,(H,20,22)(H,21,24). The SMILES string of the molecule is C#CCN(C)CCCOc1cc(NC(=O)c2ccn[nH]2)c(Cl)cc1Cl. The van der Waals surface area contributed by atoms with Crippen LogP contribution in [-0.2, 0) is 0 Å². The number of nitrogens with zero attached hydrogens (tertiary/aromatic N) is 2. The molecular formula is C17H18Cl2N4O2. The highest BCUT2D eigenvalue weighted by Crippen LogP contribution is 2.34. The van der Waals surface area contributed by atoms with Crippen LogP contribution in [0.4, 0.5) is 5.69 Å². The number of rotatable bonds is 8. The monoisotopic (exact) mass is 380 g/mol. The van der Waals surface area contributed by atoms with Crippen LogP contribution in [0.3, 0.4) is 0 Å². The Hall–Kier alpha value is -2.20. The molecule has 0 unspecified atom stereocenters. The molecule has 1 aromatic carbocycles. The third-order valence-electron chi connectivity index (χ3n) is 3.32. The normalized spacial score (nSPS) is 10.5. The number of anilines is 1. The Bertz CT molecular complexity index is 757. The summed E-state index contributed by atoms with van der Waals surface area (Å²) >= 11 is 12.3. The fourth-order valence-electron chi connectivity index (χ4n) is 2.06. The van der Waals surface area contributed by atoms with Gasteiger partial charge < -0.3 is 10.1 Å². The van der Waals surface area contributed by atoms with Crippen molar-refractivity contribution in [1.29, 1.82) is 0 Å². The zero-order valence-electron chi connectivity index (χ0n) is 13.7. The highest BCUT2D eigenvalue weighted by atomic mass is 35.5. The van der Waals surface area contributed by atoms with Crippen LogP contribution in [0.1, 0.15) is 16.9 Å². The molecule has 132 valence electrons. The maximum atomic E-state index is 12.1. The van der Waals surface area contributed by atoms with Gasteiger partial charge in [-0.15, -0.1) is 6.42 Å². The van der Waals surface area contributed by atoms with Crippen LogP contribution in [0.2, 0.25) is 10.0 Å². The molecule has 1 amide bonds. The molecule has 1 aromatic heterocycles. The lowest BCUT2D eigenvalue weighted by Crippen LogP contribution is -2.21. The molecule has 0 radical (unpaired) electrons.